The molecule has 0 saturated carbocycles. The summed E-state index contributed by atoms with van der Waals surface area (Å²) < 4.78 is 2.12. The molecule has 4 aromatic rings. The second kappa shape index (κ2) is 6.79. The highest BCUT2D eigenvalue weighted by Gasteiger charge is 2.21. The summed E-state index contributed by atoms with van der Waals surface area (Å²) >= 11 is 1.72. The van der Waals surface area contributed by atoms with Crippen molar-refractivity contribution in [1.82, 2.24) is 19.7 Å². The van der Waals surface area contributed by atoms with Crippen LogP contribution < -0.4 is 11.1 Å². The molecule has 4 heterocycles. The average molecular weight is 376 g/mol. The van der Waals surface area contributed by atoms with E-state index >= 15 is 0 Å². The van der Waals surface area contributed by atoms with Gasteiger partial charge < -0.3 is 11.1 Å². The first-order valence-corrected chi connectivity index (χ1v) is 10.2. The van der Waals surface area contributed by atoms with Gasteiger partial charge in [-0.05, 0) is 36.4 Å². The van der Waals surface area contributed by atoms with Gasteiger partial charge in [-0.25, -0.2) is 9.97 Å². The smallest absolute Gasteiger partial charge is 0.180 e. The highest BCUT2D eigenvalue weighted by atomic mass is 32.1. The number of piperidine rings is 1. The maximum absolute atomic E-state index is 6.16. The lowest BCUT2D eigenvalue weighted by Crippen LogP contribution is -2.28. The van der Waals surface area contributed by atoms with Gasteiger partial charge in [0, 0.05) is 24.2 Å². The molecule has 3 aromatic heterocycles. The molecule has 5 rings (SSSR count). The predicted molar refractivity (Wildman–Crippen MR) is 111 cm³/mol. The molecular formula is C21H21N5S. The van der Waals surface area contributed by atoms with E-state index in [1.165, 1.54) is 22.4 Å². The van der Waals surface area contributed by atoms with Crippen LogP contribution in [0.1, 0.15) is 24.5 Å². The molecule has 136 valence electrons. The summed E-state index contributed by atoms with van der Waals surface area (Å²) in [5.74, 6) is 0.911. The first kappa shape index (κ1) is 16.5. The first-order chi connectivity index (χ1) is 13.3. The number of nitrogens with one attached hydrogen (secondary N) is 1. The van der Waals surface area contributed by atoms with Crippen LogP contribution in [0, 0.1) is 0 Å². The molecule has 0 aliphatic carbocycles. The van der Waals surface area contributed by atoms with Gasteiger partial charge in [-0.3, -0.25) is 4.40 Å². The van der Waals surface area contributed by atoms with Crippen LogP contribution in [0.4, 0.5) is 5.82 Å². The number of nitrogens with two attached hydrogens (primary N) is 1. The minimum absolute atomic E-state index is 0.433. The number of anilines is 1. The van der Waals surface area contributed by atoms with Crippen LogP contribution in [-0.4, -0.2) is 27.5 Å². The van der Waals surface area contributed by atoms with Crippen LogP contribution >= 0.6 is 11.3 Å². The van der Waals surface area contributed by atoms with Gasteiger partial charge in [0.1, 0.15) is 0 Å². The Kier molecular flexibility index (Phi) is 4.14. The second-order valence-electron chi connectivity index (χ2n) is 6.96. The van der Waals surface area contributed by atoms with Crippen molar-refractivity contribution in [3.8, 4) is 21.7 Å². The summed E-state index contributed by atoms with van der Waals surface area (Å²) in [7, 11) is 0. The van der Waals surface area contributed by atoms with Crippen LogP contribution in [0.15, 0.2) is 54.2 Å². The zero-order chi connectivity index (χ0) is 18.2. The summed E-state index contributed by atoms with van der Waals surface area (Å²) in [6.45, 7) is 2.06. The zero-order valence-electron chi connectivity index (χ0n) is 14.9. The third kappa shape index (κ3) is 2.91. The average Bonchev–Trinajstić information content (AvgIpc) is 3.38. The topological polar surface area (TPSA) is 68.2 Å². The van der Waals surface area contributed by atoms with Crippen LogP contribution in [0.25, 0.3) is 27.3 Å². The van der Waals surface area contributed by atoms with E-state index in [2.05, 4.69) is 56.6 Å². The van der Waals surface area contributed by atoms with Crippen LogP contribution in [0.3, 0.4) is 0 Å². The van der Waals surface area contributed by atoms with Gasteiger partial charge in [0.05, 0.1) is 22.5 Å². The monoisotopic (exact) mass is 375 g/mol. The second-order valence-corrected chi connectivity index (χ2v) is 7.88. The molecular weight excluding hydrogens is 354 g/mol. The summed E-state index contributed by atoms with van der Waals surface area (Å²) in [5.41, 5.74) is 11.5. The molecule has 1 unspecified atom stereocenters. The molecule has 1 atom stereocenters. The van der Waals surface area contributed by atoms with Crippen LogP contribution in [0.5, 0.6) is 0 Å². The summed E-state index contributed by atoms with van der Waals surface area (Å²) in [4.78, 5) is 10.5. The van der Waals surface area contributed by atoms with Gasteiger partial charge in [-0.1, -0.05) is 30.3 Å². The number of imidazole rings is 1. The van der Waals surface area contributed by atoms with Crippen molar-refractivity contribution in [2.75, 3.05) is 18.8 Å². The molecule has 0 bridgehead atoms. The molecule has 1 fully saturated rings. The quantitative estimate of drug-likeness (QED) is 0.564. The van der Waals surface area contributed by atoms with Crippen molar-refractivity contribution in [1.29, 1.82) is 0 Å². The Hall–Kier alpha value is -2.70. The molecule has 1 aromatic carbocycles. The largest absolute Gasteiger partial charge is 0.381 e. The lowest BCUT2D eigenvalue weighted by atomic mass is 9.97. The fourth-order valence-electron chi connectivity index (χ4n) is 3.84. The lowest BCUT2D eigenvalue weighted by Gasteiger charge is -2.20. The molecule has 0 amide bonds. The molecule has 0 radical (unpaired) electrons. The highest BCUT2D eigenvalue weighted by Crippen LogP contribution is 2.37. The normalized spacial score (nSPS) is 17.4. The zero-order valence-corrected chi connectivity index (χ0v) is 15.7. The van der Waals surface area contributed by atoms with Gasteiger partial charge in [0.2, 0.25) is 0 Å². The fourth-order valence-corrected chi connectivity index (χ4v) is 4.76. The van der Waals surface area contributed by atoms with E-state index in [-0.39, 0.29) is 0 Å². The molecule has 1 saturated heterocycles. The van der Waals surface area contributed by atoms with Crippen molar-refractivity contribution in [2.24, 2.45) is 0 Å². The van der Waals surface area contributed by atoms with Crippen molar-refractivity contribution in [2.45, 2.75) is 18.8 Å². The minimum atomic E-state index is 0.433. The Morgan fingerprint density at radius 1 is 1.19 bits per heavy atom. The van der Waals surface area contributed by atoms with E-state index < -0.39 is 0 Å². The van der Waals surface area contributed by atoms with E-state index in [0.29, 0.717) is 11.7 Å². The van der Waals surface area contributed by atoms with E-state index in [1.807, 2.05) is 12.3 Å². The highest BCUT2D eigenvalue weighted by molar-refractivity contribution is 7.14. The minimum Gasteiger partial charge on any atom is -0.381 e. The number of hydrogen-bond donors (Lipinski definition) is 2. The molecule has 1 aliphatic rings. The van der Waals surface area contributed by atoms with Gasteiger partial charge >= 0.3 is 0 Å². The maximum atomic E-state index is 6.16. The Balaban J connectivity index is 1.65. The number of aromatic nitrogens is 3. The van der Waals surface area contributed by atoms with Crippen molar-refractivity contribution in [3.63, 3.8) is 0 Å². The number of benzene rings is 1. The van der Waals surface area contributed by atoms with Gasteiger partial charge in [0.25, 0.3) is 0 Å². The number of hydrogen-bond acceptors (Lipinski definition) is 5. The third-order valence-electron chi connectivity index (χ3n) is 5.24. The molecule has 0 spiro atoms. The van der Waals surface area contributed by atoms with Crippen molar-refractivity contribution in [3.05, 3.63) is 59.9 Å². The first-order valence-electron chi connectivity index (χ1n) is 9.29. The Morgan fingerprint density at radius 3 is 2.89 bits per heavy atom. The van der Waals surface area contributed by atoms with E-state index in [9.17, 15) is 0 Å². The van der Waals surface area contributed by atoms with Crippen LogP contribution in [0.2, 0.25) is 0 Å². The molecule has 5 nitrogen and oxygen atoms in total. The van der Waals surface area contributed by atoms with Gasteiger partial charge in [-0.15, -0.1) is 11.3 Å². The van der Waals surface area contributed by atoms with E-state index in [4.69, 9.17) is 10.7 Å². The van der Waals surface area contributed by atoms with E-state index in [1.54, 1.807) is 11.3 Å². The molecule has 6 heteroatoms. The predicted octanol–water partition coefficient (Wildman–Crippen LogP) is 4.17. The lowest BCUT2D eigenvalue weighted by molar-refractivity contribution is 0.456. The van der Waals surface area contributed by atoms with Crippen molar-refractivity contribution >= 4 is 22.8 Å². The summed E-state index contributed by atoms with van der Waals surface area (Å²) in [6, 6.07) is 12.6. The Bertz CT molecular complexity index is 1080. The number of rotatable bonds is 3. The molecule has 27 heavy (non-hydrogen) atoms. The maximum Gasteiger partial charge on any atom is 0.180 e. The third-order valence-corrected chi connectivity index (χ3v) is 6.17. The van der Waals surface area contributed by atoms with Gasteiger partial charge in [-0.2, -0.15) is 0 Å². The standard InChI is InChI=1S/C21H21N5S/c22-20-21-25-17(15-7-4-9-23-11-15)13-26(21)18(12-24-20)19-16(8-10-27-19)14-5-2-1-3-6-14/h1-3,5-6,8,10,12-13,15,23H,4,7,9,11H2,(H2,22,24). The number of nitrogens with zero attached hydrogens (tertiary/aromatic N) is 3. The SMILES string of the molecule is Nc1ncc(-c2sccc2-c2ccccc2)n2cc(C3CCCNC3)nc12. The molecule has 3 N–H and O–H groups in total. The number of thiophene rings is 1. The van der Waals surface area contributed by atoms with Gasteiger partial charge in [0.15, 0.2) is 11.5 Å². The fraction of sp³-hybridized carbons (Fsp3) is 0.238. The van der Waals surface area contributed by atoms with Crippen LogP contribution in [-0.2, 0) is 0 Å². The number of fused-ring (bicyclic) bond motifs is 1. The van der Waals surface area contributed by atoms with E-state index in [0.717, 1.165) is 36.5 Å². The summed E-state index contributed by atoms with van der Waals surface area (Å²) in [6.07, 6.45) is 6.36. The van der Waals surface area contributed by atoms with Crippen molar-refractivity contribution < 1.29 is 0 Å². The Labute approximate surface area is 161 Å². The number of nitrogen functional groups attached to an aromatic ring is 1. The molecule has 1 aliphatic heterocycles. The summed E-state index contributed by atoms with van der Waals surface area (Å²) in [5, 5.41) is 5.60. The Morgan fingerprint density at radius 2 is 2.07 bits per heavy atom.